The third-order valence-electron chi connectivity index (χ3n) is 2.59. The molecule has 0 aliphatic carbocycles. The Hall–Kier alpha value is -1.75. The number of primary amides is 1. The highest BCUT2D eigenvalue weighted by molar-refractivity contribution is 6.01. The van der Waals surface area contributed by atoms with Crippen molar-refractivity contribution in [1.29, 1.82) is 0 Å². The molecule has 0 radical (unpaired) electrons. The number of para-hydroxylation sites is 1. The predicted molar refractivity (Wildman–Crippen MR) is 73.7 cm³/mol. The molecular weight excluding hydrogens is 230 g/mol. The van der Waals surface area contributed by atoms with Gasteiger partial charge in [0.15, 0.2) is 0 Å². The number of carbonyl (C=O) groups is 1. The fraction of sp³-hybridized carbons (Fsp3) is 0.462. The number of nitrogens with two attached hydrogens (primary N) is 2. The van der Waals surface area contributed by atoms with E-state index in [9.17, 15) is 4.79 Å². The number of benzene rings is 1. The minimum atomic E-state index is -0.478. The Bertz CT molecular complexity index is 419. The van der Waals surface area contributed by atoms with Crippen LogP contribution < -0.4 is 16.4 Å². The third-order valence-corrected chi connectivity index (χ3v) is 2.59. The van der Waals surface area contributed by atoms with Crippen LogP contribution in [0.1, 0.15) is 24.2 Å². The zero-order chi connectivity index (χ0) is 13.7. The number of ether oxygens (including phenoxy) is 1. The largest absolute Gasteiger partial charge is 0.397 e. The second-order valence-electron chi connectivity index (χ2n) is 4.45. The number of likely N-dealkylation sites (N-methyl/N-ethyl adjacent to an activating group) is 1. The molecule has 0 spiro atoms. The van der Waals surface area contributed by atoms with Gasteiger partial charge in [-0.05, 0) is 26.0 Å². The number of carbonyl (C=O) groups excluding carboxylic acids is 1. The molecule has 0 aliphatic rings. The zero-order valence-electron chi connectivity index (χ0n) is 11.1. The fourth-order valence-electron chi connectivity index (χ4n) is 1.72. The first kappa shape index (κ1) is 14.3. The smallest absolute Gasteiger partial charge is 0.250 e. The number of nitrogens with zero attached hydrogens (tertiary/aromatic N) is 1. The maximum Gasteiger partial charge on any atom is 0.250 e. The highest BCUT2D eigenvalue weighted by Gasteiger charge is 2.14. The maximum absolute atomic E-state index is 11.4. The topological polar surface area (TPSA) is 81.6 Å². The van der Waals surface area contributed by atoms with Crippen LogP contribution in [0, 0.1) is 0 Å². The molecule has 1 aromatic carbocycles. The first-order chi connectivity index (χ1) is 8.43. The van der Waals surface area contributed by atoms with Crippen LogP contribution in [0.15, 0.2) is 18.2 Å². The average molecular weight is 251 g/mol. The molecule has 0 atom stereocenters. The monoisotopic (exact) mass is 251 g/mol. The van der Waals surface area contributed by atoms with Gasteiger partial charge in [0.05, 0.1) is 29.6 Å². The molecule has 100 valence electrons. The normalized spacial score (nSPS) is 10.7. The molecule has 0 heterocycles. The van der Waals surface area contributed by atoms with Crippen molar-refractivity contribution in [2.75, 3.05) is 30.8 Å². The molecule has 0 aliphatic heterocycles. The van der Waals surface area contributed by atoms with Gasteiger partial charge in [-0.2, -0.15) is 0 Å². The van der Waals surface area contributed by atoms with Gasteiger partial charge in [-0.15, -0.1) is 0 Å². The predicted octanol–water partition coefficient (Wildman–Crippen LogP) is 1.23. The van der Waals surface area contributed by atoms with E-state index in [0.717, 1.165) is 0 Å². The summed E-state index contributed by atoms with van der Waals surface area (Å²) in [5.41, 5.74) is 12.9. The minimum absolute atomic E-state index is 0.183. The van der Waals surface area contributed by atoms with Crippen LogP contribution in [0.5, 0.6) is 0 Å². The van der Waals surface area contributed by atoms with Gasteiger partial charge in [0.2, 0.25) is 0 Å². The summed E-state index contributed by atoms with van der Waals surface area (Å²) >= 11 is 0. The van der Waals surface area contributed by atoms with Gasteiger partial charge in [0, 0.05) is 13.6 Å². The number of amides is 1. The summed E-state index contributed by atoms with van der Waals surface area (Å²) in [6.07, 6.45) is 0.183. The molecule has 0 fully saturated rings. The third kappa shape index (κ3) is 3.63. The van der Waals surface area contributed by atoms with E-state index in [1.807, 2.05) is 25.8 Å². The quantitative estimate of drug-likeness (QED) is 0.745. The molecule has 5 nitrogen and oxygen atoms in total. The van der Waals surface area contributed by atoms with Crippen LogP contribution in [-0.2, 0) is 4.74 Å². The Kier molecular flexibility index (Phi) is 4.97. The summed E-state index contributed by atoms with van der Waals surface area (Å²) in [4.78, 5) is 13.3. The molecule has 4 N–H and O–H groups in total. The molecule has 5 heteroatoms. The van der Waals surface area contributed by atoms with Gasteiger partial charge in [0.25, 0.3) is 5.91 Å². The van der Waals surface area contributed by atoms with Crippen molar-refractivity contribution in [3.63, 3.8) is 0 Å². The molecule has 1 aromatic rings. The number of anilines is 2. The molecule has 0 saturated heterocycles. The Morgan fingerprint density at radius 1 is 1.44 bits per heavy atom. The Labute approximate surface area is 108 Å². The Morgan fingerprint density at radius 3 is 2.67 bits per heavy atom. The lowest BCUT2D eigenvalue weighted by molar-refractivity contribution is 0.0845. The van der Waals surface area contributed by atoms with E-state index in [4.69, 9.17) is 16.2 Å². The van der Waals surface area contributed by atoms with Crippen LogP contribution in [0.25, 0.3) is 0 Å². The van der Waals surface area contributed by atoms with E-state index >= 15 is 0 Å². The molecule has 18 heavy (non-hydrogen) atoms. The van der Waals surface area contributed by atoms with Crippen molar-refractivity contribution < 1.29 is 9.53 Å². The van der Waals surface area contributed by atoms with Gasteiger partial charge in [-0.1, -0.05) is 6.07 Å². The van der Waals surface area contributed by atoms with Crippen LogP contribution in [-0.4, -0.2) is 32.2 Å². The Morgan fingerprint density at radius 2 is 2.11 bits per heavy atom. The summed E-state index contributed by atoms with van der Waals surface area (Å²) in [7, 11) is 1.86. The van der Waals surface area contributed by atoms with Crippen LogP contribution in [0.3, 0.4) is 0 Å². The summed E-state index contributed by atoms with van der Waals surface area (Å²) < 4.78 is 5.48. The van der Waals surface area contributed by atoms with Gasteiger partial charge < -0.3 is 21.1 Å². The summed E-state index contributed by atoms with van der Waals surface area (Å²) in [5.74, 6) is -0.478. The average Bonchev–Trinajstić information content (AvgIpc) is 2.27. The summed E-state index contributed by atoms with van der Waals surface area (Å²) in [5, 5.41) is 0. The number of nitrogen functional groups attached to an aromatic ring is 1. The molecule has 0 saturated carbocycles. The summed E-state index contributed by atoms with van der Waals surface area (Å²) in [6.45, 7) is 5.17. The van der Waals surface area contributed by atoms with E-state index in [1.54, 1.807) is 18.2 Å². The molecule has 1 rings (SSSR count). The second kappa shape index (κ2) is 6.26. The minimum Gasteiger partial charge on any atom is -0.397 e. The lowest BCUT2D eigenvalue weighted by Gasteiger charge is -2.23. The van der Waals surface area contributed by atoms with Crippen molar-refractivity contribution in [1.82, 2.24) is 0 Å². The lowest BCUT2D eigenvalue weighted by atomic mass is 10.1. The highest BCUT2D eigenvalue weighted by atomic mass is 16.5. The van der Waals surface area contributed by atoms with E-state index in [1.165, 1.54) is 0 Å². The van der Waals surface area contributed by atoms with Crippen molar-refractivity contribution in [3.05, 3.63) is 23.8 Å². The molecule has 1 amide bonds. The van der Waals surface area contributed by atoms with E-state index < -0.39 is 5.91 Å². The maximum atomic E-state index is 11.4. The van der Waals surface area contributed by atoms with Crippen LogP contribution >= 0.6 is 0 Å². The highest BCUT2D eigenvalue weighted by Crippen LogP contribution is 2.26. The van der Waals surface area contributed by atoms with E-state index in [-0.39, 0.29) is 6.10 Å². The second-order valence-corrected chi connectivity index (χ2v) is 4.45. The van der Waals surface area contributed by atoms with Crippen LogP contribution in [0.4, 0.5) is 11.4 Å². The van der Waals surface area contributed by atoms with Crippen molar-refractivity contribution in [3.8, 4) is 0 Å². The van der Waals surface area contributed by atoms with Gasteiger partial charge in [0.1, 0.15) is 0 Å². The van der Waals surface area contributed by atoms with E-state index in [2.05, 4.69) is 0 Å². The van der Waals surface area contributed by atoms with Gasteiger partial charge in [-0.3, -0.25) is 4.79 Å². The first-order valence-electron chi connectivity index (χ1n) is 5.94. The molecular formula is C13H21N3O2. The standard InChI is InChI=1S/C13H21N3O2/c1-9(2)18-8-7-16(3)12-10(13(15)17)5-4-6-11(12)14/h4-6,9H,7-8,14H2,1-3H3,(H2,15,17). The summed E-state index contributed by atoms with van der Waals surface area (Å²) in [6, 6.07) is 5.15. The molecule has 0 aromatic heterocycles. The van der Waals surface area contributed by atoms with Crippen molar-refractivity contribution in [2.45, 2.75) is 20.0 Å². The lowest BCUT2D eigenvalue weighted by Crippen LogP contribution is -2.27. The SMILES string of the molecule is CC(C)OCCN(C)c1c(N)cccc1C(N)=O. The van der Waals surface area contributed by atoms with Crippen molar-refractivity contribution >= 4 is 17.3 Å². The van der Waals surface area contributed by atoms with E-state index in [0.29, 0.717) is 30.1 Å². The van der Waals surface area contributed by atoms with Gasteiger partial charge in [-0.25, -0.2) is 0 Å². The van der Waals surface area contributed by atoms with Crippen LogP contribution in [0.2, 0.25) is 0 Å². The van der Waals surface area contributed by atoms with Gasteiger partial charge >= 0.3 is 0 Å². The van der Waals surface area contributed by atoms with Crippen molar-refractivity contribution in [2.24, 2.45) is 5.73 Å². The first-order valence-corrected chi connectivity index (χ1v) is 5.94. The number of hydrogen-bond donors (Lipinski definition) is 2. The molecule has 0 bridgehead atoms. The number of hydrogen-bond acceptors (Lipinski definition) is 4. The molecule has 0 unspecified atom stereocenters. The number of rotatable bonds is 6. The zero-order valence-corrected chi connectivity index (χ0v) is 11.1. The Balaban J connectivity index is 2.84. The fourth-order valence-corrected chi connectivity index (χ4v) is 1.72.